The fourth-order valence-electron chi connectivity index (χ4n) is 3.54. The van der Waals surface area contributed by atoms with Gasteiger partial charge in [0.2, 0.25) is 0 Å². The number of hydrogen-bond acceptors (Lipinski definition) is 5. The maximum Gasteiger partial charge on any atom is 0.268 e. The SMILES string of the molecule is COc1cc(C)cc(C)c1S(=O)(=O)N1Cc2cnnn2Cc2ccccc21. The molecule has 8 heteroatoms. The highest BCUT2D eigenvalue weighted by Crippen LogP contribution is 2.37. The molecule has 0 N–H and O–H groups in total. The van der Waals surface area contributed by atoms with Crippen LogP contribution in [0, 0.1) is 13.8 Å². The summed E-state index contributed by atoms with van der Waals surface area (Å²) in [5.41, 5.74) is 3.85. The van der Waals surface area contributed by atoms with E-state index >= 15 is 0 Å². The molecule has 0 amide bonds. The maximum atomic E-state index is 13.7. The van der Waals surface area contributed by atoms with E-state index in [1.807, 2.05) is 37.3 Å². The Bertz CT molecular complexity index is 1120. The number of aryl methyl sites for hydroxylation is 2. The molecule has 2 aromatic carbocycles. The normalized spacial score (nSPS) is 13.7. The molecule has 0 aliphatic carbocycles. The van der Waals surface area contributed by atoms with Gasteiger partial charge in [0.15, 0.2) is 0 Å². The lowest BCUT2D eigenvalue weighted by Crippen LogP contribution is -2.31. The number of para-hydroxylation sites is 1. The van der Waals surface area contributed by atoms with Gasteiger partial charge in [-0.2, -0.15) is 0 Å². The summed E-state index contributed by atoms with van der Waals surface area (Å²) >= 11 is 0. The number of rotatable bonds is 3. The summed E-state index contributed by atoms with van der Waals surface area (Å²) in [6.45, 7) is 4.33. The predicted molar refractivity (Wildman–Crippen MR) is 101 cm³/mol. The van der Waals surface area contributed by atoms with Crippen LogP contribution in [0.15, 0.2) is 47.5 Å². The van der Waals surface area contributed by atoms with Gasteiger partial charge in [-0.3, -0.25) is 4.31 Å². The van der Waals surface area contributed by atoms with Crippen LogP contribution in [0.3, 0.4) is 0 Å². The first kappa shape index (κ1) is 17.5. The molecule has 1 aliphatic heterocycles. The van der Waals surface area contributed by atoms with Gasteiger partial charge < -0.3 is 4.74 Å². The van der Waals surface area contributed by atoms with Crippen molar-refractivity contribution in [1.82, 2.24) is 15.0 Å². The molecule has 7 nitrogen and oxygen atoms in total. The van der Waals surface area contributed by atoms with E-state index in [1.165, 1.54) is 11.4 Å². The minimum Gasteiger partial charge on any atom is -0.495 e. The summed E-state index contributed by atoms with van der Waals surface area (Å²) < 4.78 is 36.1. The summed E-state index contributed by atoms with van der Waals surface area (Å²) in [5, 5.41) is 8.03. The third kappa shape index (κ3) is 2.86. The van der Waals surface area contributed by atoms with E-state index in [9.17, 15) is 8.42 Å². The summed E-state index contributed by atoms with van der Waals surface area (Å²) in [7, 11) is -2.38. The summed E-state index contributed by atoms with van der Waals surface area (Å²) in [5.74, 6) is 0.348. The van der Waals surface area contributed by atoms with Crippen LogP contribution in [-0.2, 0) is 23.1 Å². The number of sulfonamides is 1. The Morgan fingerprint density at radius 2 is 1.89 bits per heavy atom. The van der Waals surface area contributed by atoms with Crippen LogP contribution in [-0.4, -0.2) is 30.5 Å². The standard InChI is InChI=1S/C19H20N4O3S/c1-13-8-14(2)19(18(9-13)26-3)27(24,25)23-12-16-10-20-21-22(16)11-15-6-4-5-7-17(15)23/h4-10H,11-12H2,1-3H3. The zero-order chi connectivity index (χ0) is 19.2. The highest BCUT2D eigenvalue weighted by atomic mass is 32.2. The first-order valence-corrected chi connectivity index (χ1v) is 9.99. The van der Waals surface area contributed by atoms with Crippen LogP contribution in [0.2, 0.25) is 0 Å². The molecule has 0 spiro atoms. The molecule has 0 fully saturated rings. The van der Waals surface area contributed by atoms with Crippen LogP contribution < -0.4 is 9.04 Å². The molecule has 1 aromatic heterocycles. The summed E-state index contributed by atoms with van der Waals surface area (Å²) in [6, 6.07) is 11.1. The molecule has 0 unspecified atom stereocenters. The van der Waals surface area contributed by atoms with E-state index in [0.29, 0.717) is 23.5 Å². The van der Waals surface area contributed by atoms with Crippen molar-refractivity contribution < 1.29 is 13.2 Å². The molecule has 1 aliphatic rings. The van der Waals surface area contributed by atoms with Crippen LogP contribution in [0.25, 0.3) is 0 Å². The average molecular weight is 384 g/mol. The van der Waals surface area contributed by atoms with Crippen molar-refractivity contribution in [2.75, 3.05) is 11.4 Å². The summed E-state index contributed by atoms with van der Waals surface area (Å²) in [6.07, 6.45) is 1.60. The number of aromatic nitrogens is 3. The molecule has 27 heavy (non-hydrogen) atoms. The molecule has 4 rings (SSSR count). The van der Waals surface area contributed by atoms with Crippen molar-refractivity contribution in [2.45, 2.75) is 31.8 Å². The van der Waals surface area contributed by atoms with Crippen LogP contribution in [0.5, 0.6) is 5.75 Å². The monoisotopic (exact) mass is 384 g/mol. The van der Waals surface area contributed by atoms with Gasteiger partial charge in [0.05, 0.1) is 37.8 Å². The molecule has 0 radical (unpaired) electrons. The van der Waals surface area contributed by atoms with Crippen molar-refractivity contribution in [2.24, 2.45) is 0 Å². The average Bonchev–Trinajstić information content (AvgIpc) is 2.99. The largest absolute Gasteiger partial charge is 0.495 e. The predicted octanol–water partition coefficient (Wildman–Crippen LogP) is 2.66. The topological polar surface area (TPSA) is 77.3 Å². The van der Waals surface area contributed by atoms with Crippen LogP contribution in [0.4, 0.5) is 5.69 Å². The Kier molecular flexibility index (Phi) is 4.15. The van der Waals surface area contributed by atoms with Crippen LogP contribution >= 0.6 is 0 Å². The van der Waals surface area contributed by atoms with Crippen LogP contribution in [0.1, 0.15) is 22.4 Å². The first-order valence-electron chi connectivity index (χ1n) is 8.55. The second-order valence-corrected chi connectivity index (χ2v) is 8.44. The van der Waals surface area contributed by atoms with Gasteiger partial charge in [0.1, 0.15) is 10.6 Å². The molecular weight excluding hydrogens is 364 g/mol. The second-order valence-electron chi connectivity index (χ2n) is 6.64. The van der Waals surface area contributed by atoms with E-state index in [4.69, 9.17) is 4.74 Å². The van der Waals surface area contributed by atoms with Crippen molar-refractivity contribution in [3.63, 3.8) is 0 Å². The molecular formula is C19H20N4O3S. The molecule has 0 bridgehead atoms. The zero-order valence-electron chi connectivity index (χ0n) is 15.4. The minimum atomic E-state index is -3.87. The van der Waals surface area contributed by atoms with E-state index < -0.39 is 10.0 Å². The van der Waals surface area contributed by atoms with E-state index in [1.54, 1.807) is 23.9 Å². The Morgan fingerprint density at radius 3 is 2.67 bits per heavy atom. The molecule has 3 aromatic rings. The number of fused-ring (bicyclic) bond motifs is 2. The maximum absolute atomic E-state index is 13.7. The van der Waals surface area contributed by atoms with Crippen molar-refractivity contribution >= 4 is 15.7 Å². The Hall–Kier alpha value is -2.87. The lowest BCUT2D eigenvalue weighted by Gasteiger charge is -2.26. The van der Waals surface area contributed by atoms with E-state index in [0.717, 1.165) is 16.8 Å². The molecule has 0 saturated heterocycles. The van der Waals surface area contributed by atoms with Gasteiger partial charge in [-0.1, -0.05) is 29.5 Å². The zero-order valence-corrected chi connectivity index (χ0v) is 16.2. The third-order valence-electron chi connectivity index (χ3n) is 4.74. The lowest BCUT2D eigenvalue weighted by atomic mass is 10.1. The van der Waals surface area contributed by atoms with Crippen molar-refractivity contribution in [1.29, 1.82) is 0 Å². The quantitative estimate of drug-likeness (QED) is 0.694. The van der Waals surface area contributed by atoms with E-state index in [2.05, 4.69) is 10.3 Å². The van der Waals surface area contributed by atoms with Gasteiger partial charge >= 0.3 is 0 Å². The lowest BCUT2D eigenvalue weighted by molar-refractivity contribution is 0.401. The fourth-order valence-corrected chi connectivity index (χ4v) is 5.36. The van der Waals surface area contributed by atoms with Gasteiger partial charge in [-0.15, -0.1) is 5.10 Å². The number of nitrogens with zero attached hydrogens (tertiary/aromatic N) is 4. The van der Waals surface area contributed by atoms with Gasteiger partial charge in [-0.05, 0) is 42.7 Å². The van der Waals surface area contributed by atoms with Crippen molar-refractivity contribution in [3.8, 4) is 5.75 Å². The van der Waals surface area contributed by atoms with Crippen molar-refractivity contribution in [3.05, 3.63) is 65.0 Å². The molecule has 0 atom stereocenters. The van der Waals surface area contributed by atoms with Gasteiger partial charge in [0, 0.05) is 0 Å². The van der Waals surface area contributed by atoms with E-state index in [-0.39, 0.29) is 11.4 Å². The highest BCUT2D eigenvalue weighted by Gasteiger charge is 2.33. The Morgan fingerprint density at radius 1 is 1.11 bits per heavy atom. The minimum absolute atomic E-state index is 0.156. The summed E-state index contributed by atoms with van der Waals surface area (Å²) in [4.78, 5) is 0.186. The Labute approximate surface area is 158 Å². The number of methoxy groups -OCH3 is 1. The number of hydrogen-bond donors (Lipinski definition) is 0. The molecule has 0 saturated carbocycles. The Balaban J connectivity index is 1.95. The fraction of sp³-hybridized carbons (Fsp3) is 0.263. The molecule has 2 heterocycles. The number of ether oxygens (including phenoxy) is 1. The van der Waals surface area contributed by atoms with Gasteiger partial charge in [0.25, 0.3) is 10.0 Å². The smallest absolute Gasteiger partial charge is 0.268 e. The second kappa shape index (κ2) is 6.38. The number of anilines is 1. The third-order valence-corrected chi connectivity index (χ3v) is 6.68. The molecule has 140 valence electrons. The highest BCUT2D eigenvalue weighted by molar-refractivity contribution is 7.93. The van der Waals surface area contributed by atoms with Gasteiger partial charge in [-0.25, -0.2) is 13.1 Å². The first-order chi connectivity index (χ1) is 12.9. The number of benzene rings is 2.